The highest BCUT2D eigenvalue weighted by atomic mass is 19.1. The van der Waals surface area contributed by atoms with Crippen LogP contribution in [0.1, 0.15) is 67.5 Å². The normalized spacial score (nSPS) is 13.1. The second kappa shape index (κ2) is 15.5. The molecular weight excluding hydrogens is 602 g/mol. The summed E-state index contributed by atoms with van der Waals surface area (Å²) in [6, 6.07) is 13.2. The first-order valence-electron chi connectivity index (χ1n) is 16.5. The summed E-state index contributed by atoms with van der Waals surface area (Å²) in [6.07, 6.45) is 3.03. The van der Waals surface area contributed by atoms with Crippen LogP contribution in [0.4, 0.5) is 8.78 Å². The first kappa shape index (κ1) is 34.1. The summed E-state index contributed by atoms with van der Waals surface area (Å²) in [6.45, 7) is 9.92. The van der Waals surface area contributed by atoms with Crippen LogP contribution in [0.15, 0.2) is 48.5 Å². The van der Waals surface area contributed by atoms with Crippen molar-refractivity contribution in [3.63, 3.8) is 0 Å². The molecule has 0 saturated heterocycles. The van der Waals surface area contributed by atoms with Crippen molar-refractivity contribution < 1.29 is 28.2 Å². The van der Waals surface area contributed by atoms with Crippen LogP contribution in [0, 0.1) is 11.6 Å². The Hall–Kier alpha value is -4.28. The minimum Gasteiger partial charge on any atom is -0.493 e. The Balaban J connectivity index is 0.000000807. The largest absolute Gasteiger partial charge is 0.493 e. The van der Waals surface area contributed by atoms with Crippen molar-refractivity contribution in [1.29, 1.82) is 0 Å². The second-order valence-electron chi connectivity index (χ2n) is 11.6. The van der Waals surface area contributed by atoms with Crippen LogP contribution >= 0.6 is 0 Å². The van der Waals surface area contributed by atoms with Gasteiger partial charge in [0.1, 0.15) is 23.1 Å². The standard InChI is InChI=1S/C33H33F2N3O4.C4H11N/c1-3-27-30-26(36-37(27)2)19-41-16-5-4-15-38-31-24(13-14-25(35)29(30)31)23(32(38)33(39)40)9-7-17-42-28-10-6-8-20-18-21(34)11-12-22(20)28;1-3-5-4-2/h6,8,10-14,18H,3-5,7,9,15-17,19H2,1-2H3,(H,39,40);5H,3-4H2,1-2H3. The van der Waals surface area contributed by atoms with Crippen molar-refractivity contribution in [2.75, 3.05) is 26.3 Å². The summed E-state index contributed by atoms with van der Waals surface area (Å²) in [4.78, 5) is 12.8. The maximum atomic E-state index is 15.9. The van der Waals surface area contributed by atoms with Crippen LogP contribution in [-0.4, -0.2) is 51.7 Å². The Morgan fingerprint density at radius 2 is 1.83 bits per heavy atom. The highest BCUT2D eigenvalue weighted by Gasteiger charge is 2.29. The number of benzene rings is 3. The number of halogens is 2. The molecule has 3 heterocycles. The van der Waals surface area contributed by atoms with Crippen LogP contribution in [0.3, 0.4) is 0 Å². The van der Waals surface area contributed by atoms with E-state index in [1.807, 2.05) is 32.2 Å². The lowest BCUT2D eigenvalue weighted by Gasteiger charge is -2.13. The molecule has 8 nitrogen and oxygen atoms in total. The number of nitrogens with zero attached hydrogens (tertiary/aromatic N) is 3. The van der Waals surface area contributed by atoms with Gasteiger partial charge in [0.2, 0.25) is 0 Å². The van der Waals surface area contributed by atoms with E-state index in [4.69, 9.17) is 9.47 Å². The molecule has 1 aliphatic rings. The quantitative estimate of drug-likeness (QED) is 0.160. The first-order chi connectivity index (χ1) is 22.8. The van der Waals surface area contributed by atoms with E-state index in [9.17, 15) is 14.3 Å². The van der Waals surface area contributed by atoms with Crippen LogP contribution in [0.2, 0.25) is 0 Å². The Kier molecular flexibility index (Phi) is 11.3. The van der Waals surface area contributed by atoms with Gasteiger partial charge in [-0.05, 0) is 92.5 Å². The summed E-state index contributed by atoms with van der Waals surface area (Å²) in [5.74, 6) is -1.12. The Morgan fingerprint density at radius 1 is 1.04 bits per heavy atom. The van der Waals surface area contributed by atoms with Crippen molar-refractivity contribution in [2.45, 2.75) is 66.0 Å². The molecule has 0 amide bonds. The number of carboxylic acid groups (broad SMARTS) is 1. The summed E-state index contributed by atoms with van der Waals surface area (Å²) >= 11 is 0. The highest BCUT2D eigenvalue weighted by molar-refractivity contribution is 6.04. The number of nitrogens with one attached hydrogen (secondary N) is 1. The molecule has 5 aromatic rings. The number of aromatic nitrogens is 3. The zero-order valence-corrected chi connectivity index (χ0v) is 27.7. The van der Waals surface area contributed by atoms with Crippen LogP contribution < -0.4 is 10.1 Å². The van der Waals surface area contributed by atoms with Crippen molar-refractivity contribution in [2.24, 2.45) is 7.05 Å². The van der Waals surface area contributed by atoms with Gasteiger partial charge in [0.25, 0.3) is 0 Å². The molecule has 0 unspecified atom stereocenters. The van der Waals surface area contributed by atoms with E-state index >= 15 is 4.39 Å². The van der Waals surface area contributed by atoms with Gasteiger partial charge in [-0.15, -0.1) is 0 Å². The van der Waals surface area contributed by atoms with E-state index in [-0.39, 0.29) is 18.1 Å². The third-order valence-corrected chi connectivity index (χ3v) is 8.59. The lowest BCUT2D eigenvalue weighted by atomic mass is 9.96. The number of hydrogen-bond donors (Lipinski definition) is 2. The summed E-state index contributed by atoms with van der Waals surface area (Å²) < 4.78 is 45.1. The van der Waals surface area contributed by atoms with E-state index in [1.165, 1.54) is 18.2 Å². The number of carboxylic acids is 1. The highest BCUT2D eigenvalue weighted by Crippen LogP contribution is 2.41. The molecule has 2 N–H and O–H groups in total. The molecule has 10 heteroatoms. The molecular formula is C37H44F2N4O4. The molecule has 0 atom stereocenters. The molecule has 47 heavy (non-hydrogen) atoms. The Bertz CT molecular complexity index is 1860. The number of aromatic carboxylic acids is 1. The van der Waals surface area contributed by atoms with Crippen LogP contribution in [0.25, 0.3) is 32.8 Å². The topological polar surface area (TPSA) is 90.5 Å². The van der Waals surface area contributed by atoms with Gasteiger partial charge >= 0.3 is 5.97 Å². The average molecular weight is 647 g/mol. The molecule has 0 aliphatic carbocycles. The van der Waals surface area contributed by atoms with Gasteiger partial charge in [-0.1, -0.05) is 32.9 Å². The molecule has 0 bridgehead atoms. The number of aryl methyl sites for hydroxylation is 3. The number of fused-ring (bicyclic) bond motifs is 3. The van der Waals surface area contributed by atoms with Crippen molar-refractivity contribution in [1.82, 2.24) is 19.7 Å². The molecule has 2 aromatic heterocycles. The third kappa shape index (κ3) is 7.18. The van der Waals surface area contributed by atoms with E-state index in [2.05, 4.69) is 24.3 Å². The second-order valence-corrected chi connectivity index (χ2v) is 11.6. The number of carbonyl (C=O) groups is 1. The van der Waals surface area contributed by atoms with E-state index in [0.717, 1.165) is 41.4 Å². The van der Waals surface area contributed by atoms with Gasteiger partial charge in [0.05, 0.1) is 24.4 Å². The van der Waals surface area contributed by atoms with E-state index in [0.29, 0.717) is 79.1 Å². The van der Waals surface area contributed by atoms with Gasteiger partial charge in [0.15, 0.2) is 0 Å². The smallest absolute Gasteiger partial charge is 0.352 e. The fourth-order valence-corrected chi connectivity index (χ4v) is 6.54. The lowest BCUT2D eigenvalue weighted by Crippen LogP contribution is -2.12. The maximum Gasteiger partial charge on any atom is 0.352 e. The van der Waals surface area contributed by atoms with Crippen molar-refractivity contribution in [3.8, 4) is 16.9 Å². The minimum absolute atomic E-state index is 0.182. The monoisotopic (exact) mass is 646 g/mol. The van der Waals surface area contributed by atoms with Crippen LogP contribution in [-0.2, 0) is 37.8 Å². The molecule has 250 valence electrons. The van der Waals surface area contributed by atoms with Crippen LogP contribution in [0.5, 0.6) is 5.75 Å². The predicted octanol–water partition coefficient (Wildman–Crippen LogP) is 7.67. The van der Waals surface area contributed by atoms with E-state index < -0.39 is 11.8 Å². The van der Waals surface area contributed by atoms with Crippen molar-refractivity contribution in [3.05, 3.63) is 82.8 Å². The first-order valence-corrected chi connectivity index (χ1v) is 16.5. The fourth-order valence-electron chi connectivity index (χ4n) is 6.54. The maximum absolute atomic E-state index is 15.9. The Labute approximate surface area is 274 Å². The fraction of sp³-hybridized carbons (Fsp3) is 0.405. The number of ether oxygens (including phenoxy) is 2. The minimum atomic E-state index is -1.04. The molecule has 6 rings (SSSR count). The van der Waals surface area contributed by atoms with Gasteiger partial charge in [-0.3, -0.25) is 4.68 Å². The van der Waals surface area contributed by atoms with Crippen molar-refractivity contribution >= 4 is 27.6 Å². The zero-order valence-electron chi connectivity index (χ0n) is 27.7. The van der Waals surface area contributed by atoms with Gasteiger partial charge in [-0.2, -0.15) is 5.10 Å². The summed E-state index contributed by atoms with van der Waals surface area (Å²) in [5, 5.41) is 20.5. The van der Waals surface area contributed by atoms with Gasteiger partial charge < -0.3 is 24.5 Å². The SMILES string of the molecule is CCNCC.CCc1c2c(nn1C)COCCCCn1c(C(=O)O)c(CCCOc3cccc4cc(F)ccc34)c3ccc(F)c-2c31. The average Bonchev–Trinajstić information content (AvgIpc) is 3.53. The van der Waals surface area contributed by atoms with Gasteiger partial charge in [0, 0.05) is 47.8 Å². The number of rotatable bonds is 9. The Morgan fingerprint density at radius 3 is 2.55 bits per heavy atom. The van der Waals surface area contributed by atoms with E-state index in [1.54, 1.807) is 21.4 Å². The molecule has 0 fully saturated rings. The zero-order chi connectivity index (χ0) is 33.5. The molecule has 0 spiro atoms. The predicted molar refractivity (Wildman–Crippen MR) is 181 cm³/mol. The number of hydrogen-bond acceptors (Lipinski definition) is 5. The molecule has 0 saturated carbocycles. The lowest BCUT2D eigenvalue weighted by molar-refractivity contribution is 0.0683. The summed E-state index contributed by atoms with van der Waals surface area (Å²) in [5.41, 5.74) is 4.02. The molecule has 0 radical (unpaired) electrons. The van der Waals surface area contributed by atoms with Gasteiger partial charge in [-0.25, -0.2) is 13.6 Å². The summed E-state index contributed by atoms with van der Waals surface area (Å²) in [7, 11) is 1.84. The molecule has 1 aliphatic heterocycles. The molecule has 3 aromatic carbocycles. The third-order valence-electron chi connectivity index (χ3n) is 8.59.